The van der Waals surface area contributed by atoms with Crippen LogP contribution in [0, 0.1) is 17.6 Å². The number of carbonyl (C=O) groups is 1. The zero-order valence-electron chi connectivity index (χ0n) is 12.7. The number of nitrogens with zero attached hydrogens (tertiary/aromatic N) is 1. The van der Waals surface area contributed by atoms with E-state index in [1.807, 2.05) is 0 Å². The van der Waals surface area contributed by atoms with Crippen molar-refractivity contribution in [3.05, 3.63) is 35.4 Å². The van der Waals surface area contributed by atoms with Gasteiger partial charge >= 0.3 is 5.97 Å². The molecule has 0 radical (unpaired) electrons. The normalized spacial score (nSPS) is 12.1. The predicted molar refractivity (Wildman–Crippen MR) is 91.2 cm³/mol. The first-order valence-corrected chi connectivity index (χ1v) is 6.44. The molecule has 0 aliphatic rings. The summed E-state index contributed by atoms with van der Waals surface area (Å²) in [4.78, 5) is 15.2. The van der Waals surface area contributed by atoms with Gasteiger partial charge in [-0.3, -0.25) is 9.79 Å². The molecule has 0 saturated carbocycles. The van der Waals surface area contributed by atoms with Gasteiger partial charge in [0.05, 0.1) is 13.0 Å². The molecule has 1 aromatic carbocycles. The van der Waals surface area contributed by atoms with Crippen molar-refractivity contribution in [2.24, 2.45) is 10.9 Å². The van der Waals surface area contributed by atoms with Crippen molar-refractivity contribution in [3.63, 3.8) is 0 Å². The van der Waals surface area contributed by atoms with Crippen molar-refractivity contribution < 1.29 is 18.3 Å². The van der Waals surface area contributed by atoms with Crippen LogP contribution >= 0.6 is 24.0 Å². The Kier molecular flexibility index (Phi) is 9.63. The van der Waals surface area contributed by atoms with Crippen LogP contribution in [0.2, 0.25) is 0 Å². The predicted octanol–water partition coefficient (Wildman–Crippen LogP) is 2.06. The maximum Gasteiger partial charge on any atom is 0.310 e. The molecule has 0 aliphatic carbocycles. The van der Waals surface area contributed by atoms with Gasteiger partial charge in [-0.05, 0) is 18.2 Å². The Balaban J connectivity index is 0.00000441. The van der Waals surface area contributed by atoms with Crippen molar-refractivity contribution in [2.45, 2.75) is 13.5 Å². The summed E-state index contributed by atoms with van der Waals surface area (Å²) in [6.07, 6.45) is 0. The average molecular weight is 427 g/mol. The third kappa shape index (κ3) is 6.54. The van der Waals surface area contributed by atoms with Crippen LogP contribution in [0.3, 0.4) is 0 Å². The van der Waals surface area contributed by atoms with E-state index in [2.05, 4.69) is 20.4 Å². The molecule has 0 amide bonds. The minimum Gasteiger partial charge on any atom is -0.469 e. The monoisotopic (exact) mass is 427 g/mol. The molecule has 22 heavy (non-hydrogen) atoms. The smallest absolute Gasteiger partial charge is 0.310 e. The zero-order valence-corrected chi connectivity index (χ0v) is 15.0. The van der Waals surface area contributed by atoms with Crippen molar-refractivity contribution in [2.75, 3.05) is 20.7 Å². The number of ether oxygens (including phenoxy) is 1. The second-order valence-electron chi connectivity index (χ2n) is 4.47. The van der Waals surface area contributed by atoms with E-state index in [4.69, 9.17) is 0 Å². The van der Waals surface area contributed by atoms with Gasteiger partial charge in [0, 0.05) is 25.7 Å². The second kappa shape index (κ2) is 10.3. The topological polar surface area (TPSA) is 62.7 Å². The largest absolute Gasteiger partial charge is 0.469 e. The van der Waals surface area contributed by atoms with Crippen LogP contribution in [0.25, 0.3) is 0 Å². The minimum atomic E-state index is -0.504. The minimum absolute atomic E-state index is 0. The molecule has 1 aromatic rings. The van der Waals surface area contributed by atoms with Crippen molar-refractivity contribution in [3.8, 4) is 0 Å². The molecule has 124 valence electrons. The van der Waals surface area contributed by atoms with Gasteiger partial charge in [-0.2, -0.15) is 0 Å². The molecule has 8 heteroatoms. The fraction of sp³-hybridized carbons (Fsp3) is 0.429. The number of esters is 1. The molecule has 1 rings (SSSR count). The summed E-state index contributed by atoms with van der Waals surface area (Å²) < 4.78 is 31.1. The van der Waals surface area contributed by atoms with Gasteiger partial charge in [0.25, 0.3) is 0 Å². The molecular weight excluding hydrogens is 407 g/mol. The SMILES string of the molecule is CN=C(NCc1cc(F)ccc1F)NCC(C)C(=O)OC.I. The van der Waals surface area contributed by atoms with E-state index in [0.29, 0.717) is 12.5 Å². The molecule has 1 unspecified atom stereocenters. The maximum absolute atomic E-state index is 13.5. The number of guanidine groups is 1. The molecular formula is C14H20F2IN3O2. The summed E-state index contributed by atoms with van der Waals surface area (Å²) in [6.45, 7) is 2.10. The van der Waals surface area contributed by atoms with E-state index in [1.165, 1.54) is 7.11 Å². The maximum atomic E-state index is 13.5. The van der Waals surface area contributed by atoms with Crippen LogP contribution in [0.5, 0.6) is 0 Å². The number of rotatable bonds is 5. The summed E-state index contributed by atoms with van der Waals surface area (Å²) in [6, 6.07) is 3.25. The molecule has 0 spiro atoms. The van der Waals surface area contributed by atoms with Crippen LogP contribution < -0.4 is 10.6 Å². The molecule has 0 aromatic heterocycles. The molecule has 1 atom stereocenters. The summed E-state index contributed by atoms with van der Waals surface area (Å²) in [5.41, 5.74) is 0.193. The number of hydrogen-bond acceptors (Lipinski definition) is 3. The Hall–Kier alpha value is -1.45. The van der Waals surface area contributed by atoms with Gasteiger partial charge in [0.15, 0.2) is 5.96 Å². The highest BCUT2D eigenvalue weighted by molar-refractivity contribution is 14.0. The van der Waals surface area contributed by atoms with Crippen LogP contribution in [0.1, 0.15) is 12.5 Å². The number of nitrogens with one attached hydrogen (secondary N) is 2. The van der Waals surface area contributed by atoms with Gasteiger partial charge in [-0.15, -0.1) is 24.0 Å². The number of methoxy groups -OCH3 is 1. The molecule has 0 saturated heterocycles. The quantitative estimate of drug-likeness (QED) is 0.327. The Morgan fingerprint density at radius 2 is 2.05 bits per heavy atom. The van der Waals surface area contributed by atoms with E-state index >= 15 is 0 Å². The standard InChI is InChI=1S/C14H19F2N3O2.HI/c1-9(13(20)21-3)7-18-14(17-2)19-8-10-6-11(15)4-5-12(10)16;/h4-6,9H,7-8H2,1-3H3,(H2,17,18,19);1H. The highest BCUT2D eigenvalue weighted by Crippen LogP contribution is 2.09. The highest BCUT2D eigenvalue weighted by Gasteiger charge is 2.13. The van der Waals surface area contributed by atoms with Crippen LogP contribution in [0.15, 0.2) is 23.2 Å². The van der Waals surface area contributed by atoms with E-state index in [9.17, 15) is 13.6 Å². The third-order valence-corrected chi connectivity index (χ3v) is 2.86. The molecule has 0 heterocycles. The second-order valence-corrected chi connectivity index (χ2v) is 4.47. The Bertz CT molecular complexity index is 527. The van der Waals surface area contributed by atoms with E-state index < -0.39 is 11.6 Å². The van der Waals surface area contributed by atoms with E-state index in [-0.39, 0.29) is 48.0 Å². The lowest BCUT2D eigenvalue weighted by Gasteiger charge is -2.15. The van der Waals surface area contributed by atoms with Crippen molar-refractivity contribution >= 4 is 35.9 Å². The van der Waals surface area contributed by atoms with Crippen molar-refractivity contribution in [1.29, 1.82) is 0 Å². The first kappa shape index (κ1) is 20.6. The molecule has 5 nitrogen and oxygen atoms in total. The van der Waals surface area contributed by atoms with Gasteiger partial charge < -0.3 is 15.4 Å². The Morgan fingerprint density at radius 1 is 1.36 bits per heavy atom. The summed E-state index contributed by atoms with van der Waals surface area (Å²) in [5.74, 6) is -1.30. The Labute approximate surface area is 145 Å². The van der Waals surface area contributed by atoms with Gasteiger partial charge in [0.2, 0.25) is 0 Å². The number of hydrogen-bond donors (Lipinski definition) is 2. The molecule has 0 aliphatic heterocycles. The van der Waals surface area contributed by atoms with E-state index in [0.717, 1.165) is 18.2 Å². The van der Waals surface area contributed by atoms with Crippen molar-refractivity contribution in [1.82, 2.24) is 10.6 Å². The van der Waals surface area contributed by atoms with Gasteiger partial charge in [-0.25, -0.2) is 8.78 Å². The number of benzene rings is 1. The Morgan fingerprint density at radius 3 is 2.64 bits per heavy atom. The fourth-order valence-corrected chi connectivity index (χ4v) is 1.61. The lowest BCUT2D eigenvalue weighted by Crippen LogP contribution is -2.40. The fourth-order valence-electron chi connectivity index (χ4n) is 1.61. The third-order valence-electron chi connectivity index (χ3n) is 2.86. The van der Waals surface area contributed by atoms with Crippen LogP contribution in [-0.4, -0.2) is 32.6 Å². The first-order chi connectivity index (χ1) is 9.97. The number of carbonyl (C=O) groups excluding carboxylic acids is 1. The number of halogens is 3. The molecule has 0 bridgehead atoms. The van der Waals surface area contributed by atoms with Crippen LogP contribution in [0.4, 0.5) is 8.78 Å². The molecule has 2 N–H and O–H groups in total. The summed E-state index contributed by atoms with van der Waals surface area (Å²) in [5, 5.41) is 5.76. The van der Waals surface area contributed by atoms with Gasteiger partial charge in [-0.1, -0.05) is 6.92 Å². The molecule has 0 fully saturated rings. The van der Waals surface area contributed by atoms with E-state index in [1.54, 1.807) is 14.0 Å². The summed E-state index contributed by atoms with van der Waals surface area (Å²) >= 11 is 0. The summed E-state index contributed by atoms with van der Waals surface area (Å²) in [7, 11) is 2.86. The first-order valence-electron chi connectivity index (χ1n) is 6.44. The number of aliphatic imine (C=N–C) groups is 1. The zero-order chi connectivity index (χ0) is 15.8. The lowest BCUT2D eigenvalue weighted by molar-refractivity contribution is -0.144. The van der Waals surface area contributed by atoms with Gasteiger partial charge in [0.1, 0.15) is 11.6 Å². The van der Waals surface area contributed by atoms with Crippen LogP contribution in [-0.2, 0) is 16.1 Å². The highest BCUT2D eigenvalue weighted by atomic mass is 127. The average Bonchev–Trinajstić information content (AvgIpc) is 2.49. The lowest BCUT2D eigenvalue weighted by atomic mass is 10.2.